The number of rotatable bonds is 52. The van der Waals surface area contributed by atoms with E-state index in [9.17, 15) is 136 Å². The van der Waals surface area contributed by atoms with Crippen molar-refractivity contribution >= 4 is 147 Å². The van der Waals surface area contributed by atoms with E-state index < -0.39 is 389 Å². The number of nitrogens with zero attached hydrogens (tertiary/aromatic N) is 7. The average molecular weight is 2060 g/mol. The van der Waals surface area contributed by atoms with E-state index in [1.165, 1.54) is 95.8 Å². The van der Waals surface area contributed by atoms with Crippen LogP contribution in [0.4, 0.5) is 0 Å². The number of aliphatic hydroxyl groups is 1. The molecule has 0 aliphatic carbocycles. The lowest BCUT2D eigenvalue weighted by Crippen LogP contribution is -2.61. The Morgan fingerprint density at radius 3 is 1.17 bits per heavy atom. The molecule has 18 atom stereocenters. The normalized spacial score (nSPS) is 21.8. The zero-order chi connectivity index (χ0) is 112. The lowest BCUT2D eigenvalue weighted by molar-refractivity contribution is -0.157. The fourth-order valence-corrected chi connectivity index (χ4v) is 17.7. The molecule has 0 aromatic carbocycles. The molecule has 0 aromatic heterocycles. The second-order valence-corrected chi connectivity index (χ2v) is 41.2. The van der Waals surface area contributed by atoms with Crippen LogP contribution in [0.15, 0.2) is 12.2 Å². The number of hydrogen-bond donors (Lipinski definition) is 12. The van der Waals surface area contributed by atoms with Crippen molar-refractivity contribution in [2.45, 2.75) is 332 Å². The lowest BCUT2D eigenvalue weighted by atomic mass is 9.84. The van der Waals surface area contributed by atoms with Crippen molar-refractivity contribution in [3.63, 3.8) is 0 Å². The number of carbonyl (C=O) groups excluding carboxylic acids is 18. The molecule has 1 fully saturated rings. The van der Waals surface area contributed by atoms with Gasteiger partial charge in [0.2, 0.25) is 65.0 Å². The number of Topliss-reactive ketones (excluding diaryl/α,β-unsaturated/α-hetero) is 6. The Kier molecular flexibility index (Phi) is 57.1. The summed E-state index contributed by atoms with van der Waals surface area (Å²) >= 11 is 0. The molecule has 1 aliphatic heterocycles. The van der Waals surface area contributed by atoms with Crippen LogP contribution in [0.3, 0.4) is 0 Å². The van der Waals surface area contributed by atoms with E-state index in [4.69, 9.17) is 5.11 Å². The minimum absolute atomic E-state index is 0.0187. The highest BCUT2D eigenvalue weighted by molar-refractivity contribution is 6.02. The van der Waals surface area contributed by atoms with E-state index in [0.29, 0.717) is 0 Å². The molecule has 11 amide bonds. The van der Waals surface area contributed by atoms with Crippen LogP contribution in [0.5, 0.6) is 0 Å². The molecule has 0 spiro atoms. The zero-order valence-electron chi connectivity index (χ0n) is 88.5. The molecule has 0 bridgehead atoms. The molecule has 1 saturated heterocycles. The topological polar surface area (TPSA) is 659 Å². The molecule has 0 unspecified atom stereocenters. The fourth-order valence-electron chi connectivity index (χ4n) is 17.7. The van der Waals surface area contributed by atoms with Crippen molar-refractivity contribution < 1.29 is 161 Å². The molecule has 12 N–H and O–H groups in total. The Bertz CT molecular complexity index is 4580. The van der Waals surface area contributed by atoms with E-state index in [1.54, 1.807) is 62.3 Å². The maximum atomic E-state index is 15.8. The summed E-state index contributed by atoms with van der Waals surface area (Å²) in [6.45, 7) is 25.4. The van der Waals surface area contributed by atoms with Crippen LogP contribution in [0, 0.1) is 82.9 Å². The van der Waals surface area contributed by atoms with E-state index in [2.05, 4.69) is 16.0 Å². The van der Waals surface area contributed by atoms with E-state index in [1.807, 2.05) is 33.0 Å². The van der Waals surface area contributed by atoms with Crippen molar-refractivity contribution in [2.75, 3.05) is 62.4 Å². The molecular formula is C101H161N11O33. The van der Waals surface area contributed by atoms with Gasteiger partial charge in [-0.2, -0.15) is 0 Å². The molecule has 1 aliphatic rings. The van der Waals surface area contributed by atoms with Crippen LogP contribution < -0.4 is 21.3 Å². The first-order valence-electron chi connectivity index (χ1n) is 49.8. The van der Waals surface area contributed by atoms with Crippen molar-refractivity contribution in [1.29, 1.82) is 0 Å². The highest BCUT2D eigenvalue weighted by Gasteiger charge is 2.47. The van der Waals surface area contributed by atoms with Crippen molar-refractivity contribution in [1.82, 2.24) is 55.6 Å². The molecule has 1 rings (SSSR count). The van der Waals surface area contributed by atoms with Gasteiger partial charge in [0.05, 0.1) is 36.8 Å². The number of amides is 11. The number of nitrogens with one attached hydrogen (secondary N) is 4. The number of likely N-dealkylation sites (N-methyl/N-ethyl adjacent to an activating group) is 7. The van der Waals surface area contributed by atoms with Crippen LogP contribution in [0.1, 0.15) is 271 Å². The smallest absolute Gasteiger partial charge is 0.322 e. The summed E-state index contributed by atoms with van der Waals surface area (Å²) in [5, 5.41) is 89.4. The first-order chi connectivity index (χ1) is 67.1. The predicted molar refractivity (Wildman–Crippen MR) is 525 cm³/mol. The summed E-state index contributed by atoms with van der Waals surface area (Å²) in [4.78, 5) is 355. The minimum Gasteiger partial charge on any atom is -0.481 e. The van der Waals surface area contributed by atoms with Gasteiger partial charge in [0.15, 0.2) is 34.7 Å². The quantitative estimate of drug-likeness (QED) is 0.0349. The number of carboxylic acids is 7. The van der Waals surface area contributed by atoms with Gasteiger partial charge in [0, 0.05) is 174 Å². The maximum Gasteiger partial charge on any atom is 0.322 e. The predicted octanol–water partition coefficient (Wildman–Crippen LogP) is 5.18. The SMILES string of the molecule is CC[C@@H]1CC(=O)[C@H]([C@H](O)[C@H](C)CC=CC(=O)C[C@H](CCC(=O)O)C(=O)C[C@H](CCC(=O)O)C(=O)N[C@H](CCC(=O)O)C(=O)C[C@H](CCC(=O)O)C(=O)N[C@H](CCC(=O)O)C(=O)C[C@H](CCC(=O)O)C(=O)NCC(=O)O)N(C)C(=O)[C@H](C(C)C)N(C)C(=O)[C@H](CC(C)C)N(C)C(=O)[C@H](CC(C)C)N(C)C(=O)[C@@H](C)NC(=O)[C@H](C)CC(=O)[C@H](CC(C)C)N(C)C(=O)[C@H](C(C)C)CC(=O)[C@H](CC(C)C)N(C)C(=O)CN(C)C1=O. The van der Waals surface area contributed by atoms with Gasteiger partial charge in [-0.3, -0.25) is 120 Å². The number of carbonyl (C=O) groups is 25. The Hall–Kier alpha value is -12.1. The third kappa shape index (κ3) is 44.8. The Morgan fingerprint density at radius 1 is 0.393 bits per heavy atom. The summed E-state index contributed by atoms with van der Waals surface area (Å²) in [5.41, 5.74) is 0. The number of ketones is 7. The minimum atomic E-state index is -1.96. The molecule has 818 valence electrons. The molecule has 44 heteroatoms. The van der Waals surface area contributed by atoms with Gasteiger partial charge in [-0.25, -0.2) is 0 Å². The van der Waals surface area contributed by atoms with Crippen molar-refractivity contribution in [3.8, 4) is 0 Å². The number of allylic oxidation sites excluding steroid dienone is 2. The van der Waals surface area contributed by atoms with Crippen molar-refractivity contribution in [2.24, 2.45) is 82.9 Å². The maximum absolute atomic E-state index is 15.8. The van der Waals surface area contributed by atoms with Gasteiger partial charge >= 0.3 is 41.8 Å². The van der Waals surface area contributed by atoms with Gasteiger partial charge < -0.3 is 96.4 Å². The van der Waals surface area contributed by atoms with E-state index in [-0.39, 0.29) is 75.0 Å². The summed E-state index contributed by atoms with van der Waals surface area (Å²) < 4.78 is 0. The van der Waals surface area contributed by atoms with E-state index in [0.717, 1.165) is 20.8 Å². The number of aliphatic hydroxyl groups excluding tert-OH is 1. The fraction of sp³-hybridized carbons (Fsp3) is 0.733. The third-order valence-corrected chi connectivity index (χ3v) is 26.4. The zero-order valence-corrected chi connectivity index (χ0v) is 88.5. The highest BCUT2D eigenvalue weighted by atomic mass is 16.4. The molecule has 0 radical (unpaired) electrons. The monoisotopic (exact) mass is 2060 g/mol. The van der Waals surface area contributed by atoms with Crippen LogP contribution in [-0.2, 0) is 120 Å². The molecule has 0 saturated carbocycles. The van der Waals surface area contributed by atoms with Gasteiger partial charge in [-0.1, -0.05) is 110 Å². The average Bonchev–Trinajstić information content (AvgIpc) is 0.811. The van der Waals surface area contributed by atoms with Crippen LogP contribution in [0.2, 0.25) is 0 Å². The largest absolute Gasteiger partial charge is 0.481 e. The summed E-state index contributed by atoms with van der Waals surface area (Å²) in [6.07, 6.45) is -14.4. The van der Waals surface area contributed by atoms with Crippen molar-refractivity contribution in [3.05, 3.63) is 12.2 Å². The van der Waals surface area contributed by atoms with Crippen LogP contribution >= 0.6 is 0 Å². The van der Waals surface area contributed by atoms with Gasteiger partial charge in [-0.05, 0) is 131 Å². The summed E-state index contributed by atoms with van der Waals surface area (Å²) in [6, 6.07) is -13.4. The molecule has 44 nitrogen and oxygen atoms in total. The lowest BCUT2D eigenvalue weighted by Gasteiger charge is -2.41. The molecule has 145 heavy (non-hydrogen) atoms. The molecule has 0 aromatic rings. The van der Waals surface area contributed by atoms with Gasteiger partial charge in [-0.15, -0.1) is 0 Å². The number of hydrogen-bond acceptors (Lipinski definition) is 26. The molecular weight excluding hydrogens is 1900 g/mol. The first kappa shape index (κ1) is 131. The third-order valence-electron chi connectivity index (χ3n) is 26.4. The summed E-state index contributed by atoms with van der Waals surface area (Å²) in [7, 11) is 9.34. The second kappa shape index (κ2) is 63.3. The molecule has 1 heterocycles. The van der Waals surface area contributed by atoms with Gasteiger partial charge in [0.1, 0.15) is 42.5 Å². The standard InChI is InChI=1S/C101H161N11O33/c1-24-62-46-80(119)90(91(135)59(14)26-25-27-67(113)45-63(28-34-82(121)122)75(114)47-65(30-36-84(125)126)94(138)104-70(33-39-87(131)132)77(116)49-66(31-37-85(127)128)95(139)105-69(32-38-86(129)130)76(115)48-64(29-35-83(123)124)93(137)102-51-88(133)134)112(23)101(145)89(58(12)13)111(22)100(144)74(43-56(8)9)110(21)99(143)73(42-55(6)7)109(20)96(140)61(16)103-92(136)60(15)44-78(117)72(41-54(4)5)108(19)98(142)68(57(10)11)50-79(118)71(40-53(2)3)107(18)81(120)52-106(17)97(62)141/h25,27,53-66,68-74,89-91,135H,24,26,28-52H2,1-23H3,(H,102,137)(H,103,136)(H,104,138)(H,105,139)(H,121,122)(H,123,124)(H,125,126)(H,127,128)(H,129,130)(H,131,132)(H,133,134)/t59-,60-,61-,62-,63+,64+,65+,66+,68+,69-,70-,71+,72+,73+,74+,89+,90-,91-/m1/s1. The van der Waals surface area contributed by atoms with E-state index >= 15 is 19.2 Å². The van der Waals surface area contributed by atoms with Gasteiger partial charge in [0.25, 0.3) is 0 Å². The number of aliphatic carboxylic acids is 7. The Labute approximate surface area is 848 Å². The summed E-state index contributed by atoms with van der Waals surface area (Å²) in [5.74, 6) is -40.0. The highest BCUT2D eigenvalue weighted by Crippen LogP contribution is 2.32. The second-order valence-electron chi connectivity index (χ2n) is 41.2. The first-order valence-corrected chi connectivity index (χ1v) is 49.8. The Morgan fingerprint density at radius 2 is 0.766 bits per heavy atom. The Balaban J connectivity index is 4.37. The van der Waals surface area contributed by atoms with Crippen LogP contribution in [0.25, 0.3) is 0 Å². The number of carboxylic acid groups (broad SMARTS) is 7. The van der Waals surface area contributed by atoms with Crippen LogP contribution in [-0.4, -0.2) is 345 Å².